The first kappa shape index (κ1) is 12.6. The summed E-state index contributed by atoms with van der Waals surface area (Å²) < 4.78 is 1.29. The molecule has 1 N–H and O–H groups in total. The Bertz CT molecular complexity index is 680. The molecule has 0 aliphatic rings. The monoisotopic (exact) mass is 246 g/mol. The summed E-state index contributed by atoms with van der Waals surface area (Å²) in [5.41, 5.74) is 1.11. The fourth-order valence-electron chi connectivity index (χ4n) is 1.95. The Hall–Kier alpha value is -1.84. The molecule has 0 amide bonds. The van der Waals surface area contributed by atoms with Crippen LogP contribution in [0.25, 0.3) is 10.9 Å². The predicted octanol–water partition coefficient (Wildman–Crippen LogP) is 2.04. The molecule has 0 saturated heterocycles. The molecule has 2 rings (SSSR count). The molecule has 1 aromatic heterocycles. The highest BCUT2D eigenvalue weighted by Gasteiger charge is 2.08. The zero-order chi connectivity index (χ0) is 13.3. The second-order valence-electron chi connectivity index (χ2n) is 5.12. The number of benzene rings is 1. The van der Waals surface area contributed by atoms with Gasteiger partial charge in [-0.15, -0.1) is 0 Å². The average molecular weight is 246 g/mol. The molecule has 4 heteroatoms. The van der Waals surface area contributed by atoms with Gasteiger partial charge in [0.15, 0.2) is 0 Å². The Balaban J connectivity index is 2.60. The van der Waals surface area contributed by atoms with Crippen LogP contribution in [-0.4, -0.2) is 9.55 Å². The molecule has 1 heterocycles. The number of aryl methyl sites for hydroxylation is 1. The minimum atomic E-state index is -0.322. The van der Waals surface area contributed by atoms with Crippen LogP contribution in [0.2, 0.25) is 0 Å². The van der Waals surface area contributed by atoms with Crippen molar-refractivity contribution in [3.63, 3.8) is 0 Å². The molecular formula is C14H18N2O2. The summed E-state index contributed by atoms with van der Waals surface area (Å²) in [5, 5.41) is 0.582. The number of H-pyrrole nitrogens is 1. The molecule has 4 nitrogen and oxygen atoms in total. The van der Waals surface area contributed by atoms with Gasteiger partial charge in [-0.25, -0.2) is 4.79 Å². The normalized spacial score (nSPS) is 11.3. The van der Waals surface area contributed by atoms with Gasteiger partial charge in [0.2, 0.25) is 0 Å². The van der Waals surface area contributed by atoms with Crippen LogP contribution in [0, 0.1) is 12.8 Å². The highest BCUT2D eigenvalue weighted by molar-refractivity contribution is 5.77. The van der Waals surface area contributed by atoms with E-state index in [1.165, 1.54) is 4.57 Å². The highest BCUT2D eigenvalue weighted by atomic mass is 16.2. The molecular weight excluding hydrogens is 228 g/mol. The third-order valence-corrected chi connectivity index (χ3v) is 3.07. The zero-order valence-electron chi connectivity index (χ0n) is 11.0. The molecule has 0 aliphatic heterocycles. The molecule has 0 unspecified atom stereocenters. The zero-order valence-corrected chi connectivity index (χ0v) is 11.0. The molecule has 18 heavy (non-hydrogen) atoms. The summed E-state index contributed by atoms with van der Waals surface area (Å²) in [5.74, 6) is 0.463. The van der Waals surface area contributed by atoms with Crippen LogP contribution in [0.5, 0.6) is 0 Å². The van der Waals surface area contributed by atoms with Crippen molar-refractivity contribution in [2.24, 2.45) is 5.92 Å². The van der Waals surface area contributed by atoms with Crippen LogP contribution in [0.1, 0.15) is 25.8 Å². The Labute approximate surface area is 105 Å². The molecule has 96 valence electrons. The van der Waals surface area contributed by atoms with Crippen LogP contribution in [0.3, 0.4) is 0 Å². The van der Waals surface area contributed by atoms with Gasteiger partial charge in [-0.1, -0.05) is 25.5 Å². The van der Waals surface area contributed by atoms with E-state index in [4.69, 9.17) is 0 Å². The number of rotatable bonds is 3. The maximum absolute atomic E-state index is 12.3. The van der Waals surface area contributed by atoms with E-state index in [2.05, 4.69) is 18.8 Å². The fourth-order valence-corrected chi connectivity index (χ4v) is 1.95. The summed E-state index contributed by atoms with van der Waals surface area (Å²) in [6.07, 6.45) is 0.820. The van der Waals surface area contributed by atoms with Crippen molar-refractivity contribution in [2.45, 2.75) is 33.7 Å². The molecule has 1 aromatic carbocycles. The van der Waals surface area contributed by atoms with Gasteiger partial charge in [-0.3, -0.25) is 9.36 Å². The number of fused-ring (bicyclic) bond motifs is 1. The molecule has 0 aliphatic carbocycles. The maximum Gasteiger partial charge on any atom is 0.328 e. The van der Waals surface area contributed by atoms with Crippen molar-refractivity contribution >= 4 is 10.9 Å². The lowest BCUT2D eigenvalue weighted by atomic mass is 10.1. The predicted molar refractivity (Wildman–Crippen MR) is 73.0 cm³/mol. The second-order valence-corrected chi connectivity index (χ2v) is 5.12. The summed E-state index contributed by atoms with van der Waals surface area (Å²) in [4.78, 5) is 26.9. The van der Waals surface area contributed by atoms with Gasteiger partial charge >= 0.3 is 5.69 Å². The summed E-state index contributed by atoms with van der Waals surface area (Å²) in [6.45, 7) is 6.55. The van der Waals surface area contributed by atoms with Crippen molar-refractivity contribution in [1.29, 1.82) is 0 Å². The maximum atomic E-state index is 12.3. The van der Waals surface area contributed by atoms with Crippen molar-refractivity contribution in [2.75, 3.05) is 0 Å². The van der Waals surface area contributed by atoms with E-state index in [9.17, 15) is 9.59 Å². The third kappa shape index (κ3) is 2.37. The summed E-state index contributed by atoms with van der Waals surface area (Å²) in [6, 6.07) is 5.48. The average Bonchev–Trinajstić information content (AvgIpc) is 2.30. The number of aromatic amines is 1. The van der Waals surface area contributed by atoms with Gasteiger partial charge in [0.25, 0.3) is 5.56 Å². The van der Waals surface area contributed by atoms with Crippen molar-refractivity contribution in [3.8, 4) is 0 Å². The fraction of sp³-hybridized carbons (Fsp3) is 0.429. The standard InChI is InChI=1S/C14H18N2O2/c1-9(2)6-7-16-13(17)11-8-10(3)4-5-12(11)15-14(16)18/h4-5,8-9H,6-7H2,1-3H3,(H,15,18). The molecule has 0 radical (unpaired) electrons. The third-order valence-electron chi connectivity index (χ3n) is 3.07. The highest BCUT2D eigenvalue weighted by Crippen LogP contribution is 2.08. The van der Waals surface area contributed by atoms with E-state index in [0.717, 1.165) is 12.0 Å². The van der Waals surface area contributed by atoms with Gasteiger partial charge < -0.3 is 4.98 Å². The van der Waals surface area contributed by atoms with Gasteiger partial charge in [-0.2, -0.15) is 0 Å². The molecule has 0 spiro atoms. The first-order valence-corrected chi connectivity index (χ1v) is 6.22. The van der Waals surface area contributed by atoms with Crippen molar-refractivity contribution in [1.82, 2.24) is 9.55 Å². The smallest absolute Gasteiger partial charge is 0.307 e. The van der Waals surface area contributed by atoms with Crippen LogP contribution >= 0.6 is 0 Å². The Morgan fingerprint density at radius 2 is 2.00 bits per heavy atom. The quantitative estimate of drug-likeness (QED) is 0.901. The van der Waals surface area contributed by atoms with Crippen molar-refractivity contribution < 1.29 is 0 Å². The first-order chi connectivity index (χ1) is 8.49. The molecule has 2 aromatic rings. The second kappa shape index (κ2) is 4.80. The summed E-state index contributed by atoms with van der Waals surface area (Å²) in [7, 11) is 0. The number of nitrogens with zero attached hydrogens (tertiary/aromatic N) is 1. The van der Waals surface area contributed by atoms with Gasteiger partial charge in [0, 0.05) is 6.54 Å². The number of nitrogens with one attached hydrogen (secondary N) is 1. The lowest BCUT2D eigenvalue weighted by molar-refractivity contribution is 0.497. The van der Waals surface area contributed by atoms with Gasteiger partial charge in [0.05, 0.1) is 10.9 Å². The lowest BCUT2D eigenvalue weighted by Gasteiger charge is -2.08. The summed E-state index contributed by atoms with van der Waals surface area (Å²) >= 11 is 0. The van der Waals surface area contributed by atoms with Crippen LogP contribution in [0.4, 0.5) is 0 Å². The number of hydrogen-bond donors (Lipinski definition) is 1. The first-order valence-electron chi connectivity index (χ1n) is 6.22. The molecule has 0 atom stereocenters. The Kier molecular flexibility index (Phi) is 3.36. The number of aromatic nitrogens is 2. The largest absolute Gasteiger partial charge is 0.328 e. The van der Waals surface area contributed by atoms with Crippen LogP contribution < -0.4 is 11.2 Å². The molecule has 0 bridgehead atoms. The van der Waals surface area contributed by atoms with E-state index in [1.807, 2.05) is 19.1 Å². The molecule has 0 fully saturated rings. The Morgan fingerprint density at radius 3 is 2.67 bits per heavy atom. The van der Waals surface area contributed by atoms with E-state index in [1.54, 1.807) is 6.07 Å². The molecule has 0 saturated carbocycles. The number of hydrogen-bond acceptors (Lipinski definition) is 2. The van der Waals surface area contributed by atoms with Crippen LogP contribution in [-0.2, 0) is 6.54 Å². The van der Waals surface area contributed by atoms with E-state index < -0.39 is 0 Å². The Morgan fingerprint density at radius 1 is 1.28 bits per heavy atom. The lowest BCUT2D eigenvalue weighted by Crippen LogP contribution is -2.35. The van der Waals surface area contributed by atoms with E-state index in [-0.39, 0.29) is 11.2 Å². The van der Waals surface area contributed by atoms with E-state index >= 15 is 0 Å². The van der Waals surface area contributed by atoms with Gasteiger partial charge in [0.1, 0.15) is 0 Å². The minimum Gasteiger partial charge on any atom is -0.307 e. The van der Waals surface area contributed by atoms with E-state index in [0.29, 0.717) is 23.4 Å². The SMILES string of the molecule is Cc1ccc2[nH]c(=O)n(CCC(C)C)c(=O)c2c1. The van der Waals surface area contributed by atoms with Crippen molar-refractivity contribution in [3.05, 3.63) is 44.6 Å². The minimum absolute atomic E-state index is 0.196. The van der Waals surface area contributed by atoms with Crippen LogP contribution in [0.15, 0.2) is 27.8 Å². The van der Waals surface area contributed by atoms with Gasteiger partial charge in [-0.05, 0) is 31.4 Å². The topological polar surface area (TPSA) is 54.9 Å².